The molecule has 5 nitrogen and oxygen atoms in total. The molecule has 0 fully saturated rings. The minimum Gasteiger partial charge on any atom is -0.363 e. The second kappa shape index (κ2) is 4.64. The monoisotopic (exact) mass is 257 g/mol. The Bertz CT molecular complexity index is 392. The molecule has 6 heteroatoms. The first kappa shape index (κ1) is 14.0. The van der Waals surface area contributed by atoms with E-state index in [0.717, 1.165) is 0 Å². The van der Waals surface area contributed by atoms with Crippen LogP contribution in [0.1, 0.15) is 41.5 Å². The lowest BCUT2D eigenvalue weighted by Crippen LogP contribution is -2.30. The molecule has 0 bridgehead atoms. The van der Waals surface area contributed by atoms with Crippen molar-refractivity contribution >= 4 is 23.4 Å². The summed E-state index contributed by atoms with van der Waals surface area (Å²) < 4.78 is 0. The van der Waals surface area contributed by atoms with Gasteiger partial charge >= 0.3 is 0 Å². The van der Waals surface area contributed by atoms with E-state index < -0.39 is 0 Å². The van der Waals surface area contributed by atoms with Crippen LogP contribution in [0.15, 0.2) is 0 Å². The number of hydrogen-bond acceptors (Lipinski definition) is 5. The number of rotatable bonds is 2. The molecule has 96 valence electrons. The van der Waals surface area contributed by atoms with E-state index in [1.54, 1.807) is 0 Å². The number of hydrogen-bond donors (Lipinski definition) is 2. The van der Waals surface area contributed by atoms with Crippen LogP contribution in [0.4, 0.5) is 11.8 Å². The van der Waals surface area contributed by atoms with Gasteiger partial charge < -0.3 is 10.6 Å². The van der Waals surface area contributed by atoms with Crippen molar-refractivity contribution in [3.8, 4) is 0 Å². The fraction of sp³-hybridized carbons (Fsp3) is 0.727. The average molecular weight is 258 g/mol. The summed E-state index contributed by atoms with van der Waals surface area (Å²) in [5, 5.41) is 14.4. The van der Waals surface area contributed by atoms with Gasteiger partial charge in [-0.25, -0.2) is 0 Å². The molecule has 0 unspecified atom stereocenters. The Morgan fingerprint density at radius 2 is 1.41 bits per heavy atom. The molecule has 17 heavy (non-hydrogen) atoms. The van der Waals surface area contributed by atoms with Crippen molar-refractivity contribution in [2.45, 2.75) is 52.6 Å². The SMILES string of the molecule is CC(C)(C)Nc1nnc(Cl)c(NC(C)(C)C)n1. The van der Waals surface area contributed by atoms with Gasteiger partial charge in [0.2, 0.25) is 5.95 Å². The van der Waals surface area contributed by atoms with Gasteiger partial charge in [-0.1, -0.05) is 11.6 Å². The highest BCUT2D eigenvalue weighted by Gasteiger charge is 2.17. The average Bonchev–Trinajstić information content (AvgIpc) is 2.05. The van der Waals surface area contributed by atoms with Crippen LogP contribution in [0.3, 0.4) is 0 Å². The van der Waals surface area contributed by atoms with Crippen molar-refractivity contribution in [3.05, 3.63) is 5.15 Å². The predicted molar refractivity (Wildman–Crippen MR) is 71.6 cm³/mol. The maximum Gasteiger partial charge on any atom is 0.245 e. The second-order valence-electron chi connectivity index (χ2n) is 6.02. The summed E-state index contributed by atoms with van der Waals surface area (Å²) in [4.78, 5) is 4.32. The summed E-state index contributed by atoms with van der Waals surface area (Å²) in [5.41, 5.74) is -0.243. The minimum atomic E-state index is -0.126. The van der Waals surface area contributed by atoms with Gasteiger partial charge in [0.15, 0.2) is 11.0 Å². The summed E-state index contributed by atoms with van der Waals surface area (Å²) in [7, 11) is 0. The molecule has 0 amide bonds. The van der Waals surface area contributed by atoms with Crippen LogP contribution in [0.25, 0.3) is 0 Å². The van der Waals surface area contributed by atoms with Gasteiger partial charge in [-0.2, -0.15) is 4.98 Å². The van der Waals surface area contributed by atoms with Crippen molar-refractivity contribution in [2.24, 2.45) is 0 Å². The fourth-order valence-corrected chi connectivity index (χ4v) is 1.26. The van der Waals surface area contributed by atoms with Crippen molar-refractivity contribution in [3.63, 3.8) is 0 Å². The molecule has 0 aromatic carbocycles. The quantitative estimate of drug-likeness (QED) is 0.853. The highest BCUT2D eigenvalue weighted by molar-refractivity contribution is 6.31. The zero-order valence-electron chi connectivity index (χ0n) is 11.2. The third-order valence-corrected chi connectivity index (χ3v) is 1.88. The molecule has 0 aliphatic rings. The first-order valence-electron chi connectivity index (χ1n) is 5.53. The number of nitrogens with one attached hydrogen (secondary N) is 2. The first-order valence-corrected chi connectivity index (χ1v) is 5.91. The number of aromatic nitrogens is 3. The Morgan fingerprint density at radius 3 is 1.88 bits per heavy atom. The van der Waals surface area contributed by atoms with Crippen molar-refractivity contribution in [1.82, 2.24) is 15.2 Å². The van der Waals surface area contributed by atoms with Gasteiger partial charge in [0.05, 0.1) is 0 Å². The molecule has 0 saturated heterocycles. The molecule has 2 N–H and O–H groups in total. The minimum absolute atomic E-state index is 0.117. The summed E-state index contributed by atoms with van der Waals surface area (Å²) >= 11 is 5.95. The second-order valence-corrected chi connectivity index (χ2v) is 6.38. The normalized spacial score (nSPS) is 12.4. The molecule has 1 aromatic heterocycles. The van der Waals surface area contributed by atoms with E-state index in [-0.39, 0.29) is 16.2 Å². The Balaban J connectivity index is 2.95. The molecule has 0 spiro atoms. The third-order valence-electron chi connectivity index (χ3n) is 1.63. The van der Waals surface area contributed by atoms with Crippen LogP contribution in [-0.2, 0) is 0 Å². The molecule has 1 aromatic rings. The highest BCUT2D eigenvalue weighted by atomic mass is 35.5. The summed E-state index contributed by atoms with van der Waals surface area (Å²) in [6.45, 7) is 12.2. The molecule has 1 rings (SSSR count). The maximum absolute atomic E-state index is 5.95. The van der Waals surface area contributed by atoms with Gasteiger partial charge in [0, 0.05) is 11.1 Å². The lowest BCUT2D eigenvalue weighted by molar-refractivity contribution is 0.616. The van der Waals surface area contributed by atoms with E-state index in [9.17, 15) is 0 Å². The number of halogens is 1. The van der Waals surface area contributed by atoms with Crippen LogP contribution in [0.2, 0.25) is 5.15 Å². The topological polar surface area (TPSA) is 62.7 Å². The van der Waals surface area contributed by atoms with Crippen LogP contribution >= 0.6 is 11.6 Å². The Hall–Kier alpha value is -1.10. The number of nitrogens with zero attached hydrogens (tertiary/aromatic N) is 3. The van der Waals surface area contributed by atoms with E-state index in [1.807, 2.05) is 41.5 Å². The zero-order chi connectivity index (χ0) is 13.3. The van der Waals surface area contributed by atoms with E-state index >= 15 is 0 Å². The van der Waals surface area contributed by atoms with Crippen LogP contribution in [0, 0.1) is 0 Å². The van der Waals surface area contributed by atoms with Gasteiger partial charge in [0.25, 0.3) is 0 Å². The summed E-state index contributed by atoms with van der Waals surface area (Å²) in [5.74, 6) is 1.01. The van der Waals surface area contributed by atoms with Crippen LogP contribution in [0.5, 0.6) is 0 Å². The summed E-state index contributed by atoms with van der Waals surface area (Å²) in [6, 6.07) is 0. The molecular formula is C11H20ClN5. The highest BCUT2D eigenvalue weighted by Crippen LogP contribution is 2.21. The van der Waals surface area contributed by atoms with Gasteiger partial charge in [-0.05, 0) is 41.5 Å². The van der Waals surface area contributed by atoms with Crippen molar-refractivity contribution in [2.75, 3.05) is 10.6 Å². The van der Waals surface area contributed by atoms with Gasteiger partial charge in [-0.3, -0.25) is 0 Å². The van der Waals surface area contributed by atoms with Crippen LogP contribution in [-0.4, -0.2) is 26.3 Å². The Kier molecular flexibility index (Phi) is 3.81. The molecule has 0 saturated carbocycles. The van der Waals surface area contributed by atoms with E-state index in [0.29, 0.717) is 11.8 Å². The lowest BCUT2D eigenvalue weighted by atomic mass is 10.1. The smallest absolute Gasteiger partial charge is 0.245 e. The molecular weight excluding hydrogens is 238 g/mol. The molecule has 0 aliphatic carbocycles. The van der Waals surface area contributed by atoms with Crippen molar-refractivity contribution in [1.29, 1.82) is 0 Å². The largest absolute Gasteiger partial charge is 0.363 e. The van der Waals surface area contributed by atoms with Crippen molar-refractivity contribution < 1.29 is 0 Å². The molecule has 0 aliphatic heterocycles. The third kappa shape index (κ3) is 5.17. The molecule has 0 atom stereocenters. The van der Waals surface area contributed by atoms with Gasteiger partial charge in [-0.15, -0.1) is 10.2 Å². The van der Waals surface area contributed by atoms with Crippen LogP contribution < -0.4 is 10.6 Å². The van der Waals surface area contributed by atoms with Gasteiger partial charge in [0.1, 0.15) is 0 Å². The first-order chi connectivity index (χ1) is 7.57. The standard InChI is InChI=1S/C11H20ClN5/c1-10(2,3)14-8-7(12)16-17-9(13-8)15-11(4,5)6/h1-6H3,(H2,13,14,15,17). The van der Waals surface area contributed by atoms with E-state index in [4.69, 9.17) is 11.6 Å². The van der Waals surface area contributed by atoms with E-state index in [1.165, 1.54) is 0 Å². The van der Waals surface area contributed by atoms with E-state index in [2.05, 4.69) is 25.8 Å². The molecule has 0 radical (unpaired) electrons. The Morgan fingerprint density at radius 1 is 0.882 bits per heavy atom. The predicted octanol–water partition coefficient (Wildman–Crippen LogP) is 2.95. The zero-order valence-corrected chi connectivity index (χ0v) is 12.0. The fourth-order valence-electron chi connectivity index (χ4n) is 1.14. The Labute approximate surface area is 107 Å². The summed E-state index contributed by atoms with van der Waals surface area (Å²) in [6.07, 6.45) is 0. The lowest BCUT2D eigenvalue weighted by Gasteiger charge is -2.23. The molecule has 1 heterocycles. The number of anilines is 2. The maximum atomic E-state index is 5.95.